The quantitative estimate of drug-likeness (QED) is 0.706. The molecule has 1 nitrogen and oxygen atoms in total. The SMILES string of the molecule is C=CSC(=C(C)COCC)C(F)(F)F. The molecule has 0 rings (SSSR count). The van der Waals surface area contributed by atoms with Crippen LogP contribution < -0.4 is 0 Å². The molecule has 0 atom stereocenters. The number of hydrogen-bond donors (Lipinski definition) is 0. The Labute approximate surface area is 86.0 Å². The van der Waals surface area contributed by atoms with E-state index in [4.69, 9.17) is 4.74 Å². The lowest BCUT2D eigenvalue weighted by molar-refractivity contribution is -0.0848. The lowest BCUT2D eigenvalue weighted by Crippen LogP contribution is -2.12. The summed E-state index contributed by atoms with van der Waals surface area (Å²) in [5.74, 6) is 0. The summed E-state index contributed by atoms with van der Waals surface area (Å²) >= 11 is 0.580. The van der Waals surface area contributed by atoms with Gasteiger partial charge in [-0.2, -0.15) is 13.2 Å². The zero-order chi connectivity index (χ0) is 11.2. The van der Waals surface area contributed by atoms with E-state index in [1.807, 2.05) is 0 Å². The molecule has 0 amide bonds. The summed E-state index contributed by atoms with van der Waals surface area (Å²) in [4.78, 5) is -0.638. The Morgan fingerprint density at radius 3 is 2.43 bits per heavy atom. The van der Waals surface area contributed by atoms with Crippen molar-refractivity contribution in [1.29, 1.82) is 0 Å². The highest BCUT2D eigenvalue weighted by Crippen LogP contribution is 2.37. The molecule has 0 saturated carbocycles. The van der Waals surface area contributed by atoms with Gasteiger partial charge in [-0.3, -0.25) is 0 Å². The van der Waals surface area contributed by atoms with E-state index in [0.717, 1.165) is 5.41 Å². The van der Waals surface area contributed by atoms with Crippen molar-refractivity contribution in [1.82, 2.24) is 0 Å². The zero-order valence-electron chi connectivity index (χ0n) is 8.15. The first-order valence-electron chi connectivity index (χ1n) is 4.05. The standard InChI is InChI=1S/C9H13F3OS/c1-4-13-6-7(3)8(14-5-2)9(10,11)12/h5H,2,4,6H2,1,3H3. The Morgan fingerprint density at radius 1 is 1.50 bits per heavy atom. The molecule has 0 radical (unpaired) electrons. The van der Waals surface area contributed by atoms with Gasteiger partial charge in [0.15, 0.2) is 0 Å². The Hall–Kier alpha value is -0.420. The first kappa shape index (κ1) is 13.6. The minimum atomic E-state index is -4.32. The fourth-order valence-electron chi connectivity index (χ4n) is 0.813. The van der Waals surface area contributed by atoms with E-state index in [2.05, 4.69) is 6.58 Å². The van der Waals surface area contributed by atoms with Crippen LogP contribution in [0.25, 0.3) is 0 Å². The summed E-state index contributed by atoms with van der Waals surface area (Å²) in [5, 5.41) is 1.16. The van der Waals surface area contributed by atoms with Gasteiger partial charge in [0.25, 0.3) is 0 Å². The largest absolute Gasteiger partial charge is 0.422 e. The zero-order valence-corrected chi connectivity index (χ0v) is 8.97. The van der Waals surface area contributed by atoms with Gasteiger partial charge in [-0.05, 0) is 24.8 Å². The Morgan fingerprint density at radius 2 is 2.07 bits per heavy atom. The number of halogens is 3. The van der Waals surface area contributed by atoms with E-state index >= 15 is 0 Å². The van der Waals surface area contributed by atoms with Crippen molar-refractivity contribution in [2.24, 2.45) is 0 Å². The van der Waals surface area contributed by atoms with Crippen molar-refractivity contribution in [3.8, 4) is 0 Å². The van der Waals surface area contributed by atoms with Crippen LogP contribution in [-0.2, 0) is 4.74 Å². The van der Waals surface area contributed by atoms with Gasteiger partial charge in [0.2, 0.25) is 0 Å². The van der Waals surface area contributed by atoms with Crippen molar-refractivity contribution < 1.29 is 17.9 Å². The molecule has 0 unspecified atom stereocenters. The van der Waals surface area contributed by atoms with E-state index in [9.17, 15) is 13.2 Å². The molecule has 0 N–H and O–H groups in total. The van der Waals surface area contributed by atoms with Crippen molar-refractivity contribution in [2.75, 3.05) is 13.2 Å². The second kappa shape index (κ2) is 6.14. The maximum atomic E-state index is 12.4. The summed E-state index contributed by atoms with van der Waals surface area (Å²) in [6.45, 7) is 6.82. The summed E-state index contributed by atoms with van der Waals surface area (Å²) in [6, 6.07) is 0. The third-order valence-corrected chi connectivity index (χ3v) is 2.35. The fourth-order valence-corrected chi connectivity index (χ4v) is 1.37. The second-order valence-corrected chi connectivity index (χ2v) is 3.51. The highest BCUT2D eigenvalue weighted by atomic mass is 32.2. The summed E-state index contributed by atoms with van der Waals surface area (Å²) in [7, 11) is 0. The van der Waals surface area contributed by atoms with Gasteiger partial charge in [0, 0.05) is 6.61 Å². The van der Waals surface area contributed by atoms with Gasteiger partial charge in [-0.1, -0.05) is 18.3 Å². The van der Waals surface area contributed by atoms with Crippen LogP contribution in [0.3, 0.4) is 0 Å². The van der Waals surface area contributed by atoms with E-state index in [-0.39, 0.29) is 12.2 Å². The molecule has 0 spiro atoms. The molecular formula is C9H13F3OS. The minimum Gasteiger partial charge on any atom is -0.377 e. The molecular weight excluding hydrogens is 213 g/mol. The maximum absolute atomic E-state index is 12.4. The number of hydrogen-bond acceptors (Lipinski definition) is 2. The molecule has 0 aromatic heterocycles. The second-order valence-electron chi connectivity index (χ2n) is 2.53. The van der Waals surface area contributed by atoms with Crippen LogP contribution in [0.5, 0.6) is 0 Å². The average Bonchev–Trinajstić information content (AvgIpc) is 2.08. The smallest absolute Gasteiger partial charge is 0.377 e. The van der Waals surface area contributed by atoms with E-state index < -0.39 is 11.1 Å². The van der Waals surface area contributed by atoms with Crippen molar-refractivity contribution >= 4 is 11.8 Å². The third kappa shape index (κ3) is 4.72. The third-order valence-electron chi connectivity index (χ3n) is 1.37. The topological polar surface area (TPSA) is 9.23 Å². The number of alkyl halides is 3. The highest BCUT2D eigenvalue weighted by molar-refractivity contribution is 8.05. The van der Waals surface area contributed by atoms with Crippen molar-refractivity contribution in [3.05, 3.63) is 22.5 Å². The number of thioether (sulfide) groups is 1. The predicted molar refractivity (Wildman–Crippen MR) is 53.0 cm³/mol. The molecule has 0 aromatic rings. The predicted octanol–water partition coefficient (Wildman–Crippen LogP) is 3.74. The van der Waals surface area contributed by atoms with Gasteiger partial charge in [0.05, 0.1) is 11.5 Å². The van der Waals surface area contributed by atoms with E-state index in [1.54, 1.807) is 6.92 Å². The lowest BCUT2D eigenvalue weighted by Gasteiger charge is -2.13. The molecule has 0 aliphatic carbocycles. The van der Waals surface area contributed by atoms with Gasteiger partial charge in [-0.15, -0.1) is 0 Å². The average molecular weight is 226 g/mol. The van der Waals surface area contributed by atoms with Crippen LogP contribution >= 0.6 is 11.8 Å². The molecule has 0 aromatic carbocycles. The van der Waals surface area contributed by atoms with E-state index in [1.165, 1.54) is 6.92 Å². The Bertz CT molecular complexity index is 221. The first-order chi connectivity index (χ1) is 6.43. The highest BCUT2D eigenvalue weighted by Gasteiger charge is 2.35. The van der Waals surface area contributed by atoms with Crippen LogP contribution in [-0.4, -0.2) is 19.4 Å². The number of allylic oxidation sites excluding steroid dienone is 1. The van der Waals surface area contributed by atoms with Crippen LogP contribution in [0.1, 0.15) is 13.8 Å². The molecule has 0 heterocycles. The Kier molecular flexibility index (Phi) is 5.95. The van der Waals surface area contributed by atoms with Crippen LogP contribution in [0.2, 0.25) is 0 Å². The van der Waals surface area contributed by atoms with Crippen LogP contribution in [0.15, 0.2) is 22.5 Å². The molecule has 5 heteroatoms. The van der Waals surface area contributed by atoms with Gasteiger partial charge < -0.3 is 4.74 Å². The summed E-state index contributed by atoms with van der Waals surface area (Å²) in [5.41, 5.74) is 0.184. The van der Waals surface area contributed by atoms with Crippen LogP contribution in [0, 0.1) is 0 Å². The number of ether oxygens (including phenoxy) is 1. The summed E-state index contributed by atoms with van der Waals surface area (Å²) < 4.78 is 42.1. The fraction of sp³-hybridized carbons (Fsp3) is 0.556. The minimum absolute atomic E-state index is 0.00613. The molecule has 0 fully saturated rings. The normalized spacial score (nSPS) is 13.8. The molecule has 14 heavy (non-hydrogen) atoms. The lowest BCUT2D eigenvalue weighted by atomic mass is 10.3. The van der Waals surface area contributed by atoms with Crippen molar-refractivity contribution in [2.45, 2.75) is 20.0 Å². The Balaban J connectivity index is 4.67. The molecule has 0 aliphatic heterocycles. The monoisotopic (exact) mass is 226 g/mol. The van der Waals surface area contributed by atoms with Crippen molar-refractivity contribution in [3.63, 3.8) is 0 Å². The molecule has 82 valence electrons. The molecule has 0 aliphatic rings. The first-order valence-corrected chi connectivity index (χ1v) is 4.93. The van der Waals surface area contributed by atoms with Gasteiger partial charge in [-0.25, -0.2) is 0 Å². The number of rotatable bonds is 5. The maximum Gasteiger partial charge on any atom is 0.422 e. The van der Waals surface area contributed by atoms with Crippen LogP contribution in [0.4, 0.5) is 13.2 Å². The molecule has 0 bridgehead atoms. The van der Waals surface area contributed by atoms with E-state index in [0.29, 0.717) is 18.4 Å². The van der Waals surface area contributed by atoms with Gasteiger partial charge in [0.1, 0.15) is 0 Å². The molecule has 0 saturated heterocycles. The van der Waals surface area contributed by atoms with Gasteiger partial charge >= 0.3 is 6.18 Å². The summed E-state index contributed by atoms with van der Waals surface area (Å²) in [6.07, 6.45) is -4.32.